The summed E-state index contributed by atoms with van der Waals surface area (Å²) >= 11 is 2.59. The van der Waals surface area contributed by atoms with Crippen molar-refractivity contribution in [2.24, 2.45) is 0 Å². The van der Waals surface area contributed by atoms with E-state index in [9.17, 15) is 14.0 Å². The van der Waals surface area contributed by atoms with E-state index in [2.05, 4.69) is 15.3 Å². The molecular formula is C17H12FN3O2S2. The lowest BCUT2D eigenvalue weighted by Crippen LogP contribution is -2.07. The molecule has 2 heterocycles. The fourth-order valence-electron chi connectivity index (χ4n) is 1.89. The van der Waals surface area contributed by atoms with Crippen LogP contribution in [0, 0.1) is 5.82 Å². The molecule has 0 unspecified atom stereocenters. The third-order valence-corrected chi connectivity index (χ3v) is 4.78. The molecular weight excluding hydrogens is 361 g/mol. The van der Waals surface area contributed by atoms with Crippen molar-refractivity contribution in [1.29, 1.82) is 0 Å². The van der Waals surface area contributed by atoms with Gasteiger partial charge in [-0.2, -0.15) is 0 Å². The van der Waals surface area contributed by atoms with Gasteiger partial charge in [0.25, 0.3) is 0 Å². The molecule has 1 aromatic carbocycles. The maximum atomic E-state index is 12.9. The number of ketones is 1. The molecule has 1 amide bonds. The zero-order valence-electron chi connectivity index (χ0n) is 13.0. The predicted octanol–water partition coefficient (Wildman–Crippen LogP) is 4.26. The summed E-state index contributed by atoms with van der Waals surface area (Å²) in [7, 11) is 0. The second-order valence-corrected chi connectivity index (χ2v) is 6.72. The van der Waals surface area contributed by atoms with Crippen LogP contribution in [0.15, 0.2) is 41.1 Å². The molecule has 5 nitrogen and oxygen atoms in total. The number of nitrogens with zero attached hydrogens (tertiary/aromatic N) is 2. The highest BCUT2D eigenvalue weighted by atomic mass is 32.1. The van der Waals surface area contributed by atoms with Crippen LogP contribution < -0.4 is 5.32 Å². The zero-order chi connectivity index (χ0) is 17.8. The van der Waals surface area contributed by atoms with Crippen LogP contribution in [0.1, 0.15) is 23.1 Å². The van der Waals surface area contributed by atoms with Crippen LogP contribution in [-0.4, -0.2) is 21.7 Å². The largest absolute Gasteiger partial charge is 0.298 e. The molecule has 0 fully saturated rings. The fourth-order valence-corrected chi connectivity index (χ4v) is 3.44. The lowest BCUT2D eigenvalue weighted by Gasteiger charge is -1.95. The summed E-state index contributed by atoms with van der Waals surface area (Å²) in [6.45, 7) is 1.42. The Morgan fingerprint density at radius 3 is 2.56 bits per heavy atom. The highest BCUT2D eigenvalue weighted by Crippen LogP contribution is 2.24. The number of hydrogen-bond acceptors (Lipinski definition) is 6. The topological polar surface area (TPSA) is 72.0 Å². The Morgan fingerprint density at radius 1 is 1.12 bits per heavy atom. The standard InChI is InChI=1S/C17H12FN3O2S2/c1-10(22)14-9-25-17(20-14)21-15(23)7-6-13-8-24-16(19-13)11-2-4-12(18)5-3-11/h2-9H,1H3,(H,20,21,23)/b7-6+. The average Bonchev–Trinajstić information content (AvgIpc) is 3.23. The van der Waals surface area contributed by atoms with Crippen molar-refractivity contribution in [2.45, 2.75) is 6.92 Å². The molecule has 0 atom stereocenters. The second-order valence-electron chi connectivity index (χ2n) is 5.00. The third kappa shape index (κ3) is 4.43. The Hall–Kier alpha value is -2.71. The Labute approximate surface area is 150 Å². The number of halogens is 1. The molecule has 1 N–H and O–H groups in total. The lowest BCUT2D eigenvalue weighted by atomic mass is 10.2. The minimum atomic E-state index is -0.360. The molecule has 3 aromatic rings. The van der Waals surface area contributed by atoms with E-state index >= 15 is 0 Å². The highest BCUT2D eigenvalue weighted by Gasteiger charge is 2.08. The van der Waals surface area contributed by atoms with Crippen molar-refractivity contribution < 1.29 is 14.0 Å². The molecule has 0 spiro atoms. The minimum Gasteiger partial charge on any atom is -0.298 e. The summed E-state index contributed by atoms with van der Waals surface area (Å²) in [6.07, 6.45) is 2.93. The monoisotopic (exact) mass is 373 g/mol. The SMILES string of the molecule is CC(=O)c1csc(NC(=O)/C=C/c2csc(-c3ccc(F)cc3)n2)n1. The van der Waals surface area contributed by atoms with Gasteiger partial charge in [-0.15, -0.1) is 22.7 Å². The van der Waals surface area contributed by atoms with E-state index in [1.54, 1.807) is 29.0 Å². The number of aromatic nitrogens is 2. The van der Waals surface area contributed by atoms with Gasteiger partial charge in [-0.3, -0.25) is 14.9 Å². The van der Waals surface area contributed by atoms with Gasteiger partial charge in [-0.1, -0.05) is 0 Å². The van der Waals surface area contributed by atoms with Crippen LogP contribution in [0.3, 0.4) is 0 Å². The number of amides is 1. The highest BCUT2D eigenvalue weighted by molar-refractivity contribution is 7.14. The van der Waals surface area contributed by atoms with Crippen LogP contribution in [-0.2, 0) is 4.79 Å². The molecule has 2 aromatic heterocycles. The molecule has 0 saturated carbocycles. The van der Waals surface area contributed by atoms with Gasteiger partial charge >= 0.3 is 0 Å². The Kier molecular flexibility index (Phi) is 5.11. The van der Waals surface area contributed by atoms with Gasteiger partial charge in [-0.05, 0) is 30.3 Å². The number of carbonyl (C=O) groups excluding carboxylic acids is 2. The molecule has 0 saturated heterocycles. The number of benzene rings is 1. The third-order valence-electron chi connectivity index (χ3n) is 3.11. The lowest BCUT2D eigenvalue weighted by molar-refractivity contribution is -0.111. The van der Waals surface area contributed by atoms with Gasteiger partial charge in [0.2, 0.25) is 5.91 Å². The summed E-state index contributed by atoms with van der Waals surface area (Å²) < 4.78 is 12.9. The van der Waals surface area contributed by atoms with Crippen molar-refractivity contribution >= 4 is 45.6 Å². The van der Waals surface area contributed by atoms with Gasteiger partial charge < -0.3 is 0 Å². The predicted molar refractivity (Wildman–Crippen MR) is 97.3 cm³/mol. The normalized spacial score (nSPS) is 11.0. The van der Waals surface area contributed by atoms with E-state index in [1.807, 2.05) is 0 Å². The van der Waals surface area contributed by atoms with Crippen molar-refractivity contribution in [1.82, 2.24) is 9.97 Å². The minimum absolute atomic E-state index is 0.150. The first-order valence-corrected chi connectivity index (χ1v) is 8.94. The molecule has 0 aliphatic carbocycles. The van der Waals surface area contributed by atoms with Gasteiger partial charge in [0.1, 0.15) is 16.5 Å². The Balaban J connectivity index is 1.64. The Bertz CT molecular complexity index is 945. The number of carbonyl (C=O) groups is 2. The molecule has 126 valence electrons. The van der Waals surface area contributed by atoms with Gasteiger partial charge in [0, 0.05) is 29.3 Å². The molecule has 0 aliphatic heterocycles. The first-order chi connectivity index (χ1) is 12.0. The zero-order valence-corrected chi connectivity index (χ0v) is 14.7. The first-order valence-electron chi connectivity index (χ1n) is 7.18. The number of thiazole rings is 2. The van der Waals surface area contributed by atoms with E-state index in [-0.39, 0.29) is 17.5 Å². The summed E-state index contributed by atoms with van der Waals surface area (Å²) in [5.74, 6) is -0.809. The van der Waals surface area contributed by atoms with Gasteiger partial charge in [-0.25, -0.2) is 14.4 Å². The van der Waals surface area contributed by atoms with Crippen LogP contribution in [0.2, 0.25) is 0 Å². The molecule has 0 aliphatic rings. The maximum absolute atomic E-state index is 12.9. The number of Topliss-reactive ketones (excluding diaryl/α,β-unsaturated/α-hetero) is 1. The number of hydrogen-bond donors (Lipinski definition) is 1. The first kappa shape index (κ1) is 17.1. The van der Waals surface area contributed by atoms with Crippen LogP contribution in [0.25, 0.3) is 16.6 Å². The van der Waals surface area contributed by atoms with E-state index in [0.29, 0.717) is 16.5 Å². The molecule has 8 heteroatoms. The van der Waals surface area contributed by atoms with E-state index in [1.165, 1.54) is 47.8 Å². The molecule has 0 radical (unpaired) electrons. The number of anilines is 1. The summed E-state index contributed by atoms with van der Waals surface area (Å²) in [5.41, 5.74) is 1.77. The average molecular weight is 373 g/mol. The quantitative estimate of drug-likeness (QED) is 0.536. The fraction of sp³-hybridized carbons (Fsp3) is 0.0588. The molecule has 0 bridgehead atoms. The second kappa shape index (κ2) is 7.45. The van der Waals surface area contributed by atoms with Crippen molar-refractivity contribution in [3.63, 3.8) is 0 Å². The number of nitrogens with one attached hydrogen (secondary N) is 1. The van der Waals surface area contributed by atoms with Gasteiger partial charge in [0.15, 0.2) is 10.9 Å². The Morgan fingerprint density at radius 2 is 1.88 bits per heavy atom. The smallest absolute Gasteiger partial charge is 0.250 e. The summed E-state index contributed by atoms with van der Waals surface area (Å²) in [6, 6.07) is 6.07. The van der Waals surface area contributed by atoms with Crippen LogP contribution >= 0.6 is 22.7 Å². The van der Waals surface area contributed by atoms with Crippen LogP contribution in [0.5, 0.6) is 0 Å². The van der Waals surface area contributed by atoms with Crippen molar-refractivity contribution in [2.75, 3.05) is 5.32 Å². The number of rotatable bonds is 5. The van der Waals surface area contributed by atoms with E-state index in [0.717, 1.165) is 10.6 Å². The van der Waals surface area contributed by atoms with E-state index in [4.69, 9.17) is 0 Å². The maximum Gasteiger partial charge on any atom is 0.250 e. The molecule has 3 rings (SSSR count). The van der Waals surface area contributed by atoms with E-state index < -0.39 is 0 Å². The summed E-state index contributed by atoms with van der Waals surface area (Å²) in [5, 5.41) is 7.10. The van der Waals surface area contributed by atoms with Crippen molar-refractivity contribution in [3.8, 4) is 10.6 Å². The van der Waals surface area contributed by atoms with Crippen LogP contribution in [0.4, 0.5) is 9.52 Å². The molecule has 25 heavy (non-hydrogen) atoms. The summed E-state index contributed by atoms with van der Waals surface area (Å²) in [4.78, 5) is 31.5. The van der Waals surface area contributed by atoms with Gasteiger partial charge in [0.05, 0.1) is 5.69 Å². The van der Waals surface area contributed by atoms with Crippen molar-refractivity contribution in [3.05, 3.63) is 58.3 Å².